The van der Waals surface area contributed by atoms with E-state index in [0.29, 0.717) is 30.5 Å². The minimum atomic E-state index is -2.59. The van der Waals surface area contributed by atoms with Gasteiger partial charge in [-0.05, 0) is 56.2 Å². The van der Waals surface area contributed by atoms with Crippen molar-refractivity contribution in [3.8, 4) is 0 Å². The van der Waals surface area contributed by atoms with Crippen LogP contribution in [0.4, 0.5) is 20.3 Å². The zero-order chi connectivity index (χ0) is 25.6. The number of hydrogen-bond acceptors (Lipinski definition) is 5. The Balaban J connectivity index is 1.55. The van der Waals surface area contributed by atoms with Crippen LogP contribution in [-0.4, -0.2) is 46.8 Å². The Morgan fingerprint density at radius 2 is 1.89 bits per heavy atom. The normalized spacial score (nSPS) is 21.8. The van der Waals surface area contributed by atoms with E-state index in [1.807, 2.05) is 11.0 Å². The summed E-state index contributed by atoms with van der Waals surface area (Å²) in [5.41, 5.74) is 3.86. The highest BCUT2D eigenvalue weighted by Crippen LogP contribution is 2.43. The number of benzene rings is 1. The second-order valence-electron chi connectivity index (χ2n) is 9.97. The van der Waals surface area contributed by atoms with Gasteiger partial charge in [-0.3, -0.25) is 14.3 Å². The van der Waals surface area contributed by atoms with E-state index in [0.717, 1.165) is 66.9 Å². The summed E-state index contributed by atoms with van der Waals surface area (Å²) in [4.78, 5) is 28.2. The lowest BCUT2D eigenvalue weighted by molar-refractivity contribution is -0.146. The first kappa shape index (κ1) is 25.2. The SMILES string of the molecule is COC(=O)C1CCC(n2nc(N3CCCc4cc(Br)c(C(F)F)cc43)c3c2CCN(C(C)=O)C3)CC1. The molecule has 1 aromatic heterocycles. The predicted octanol–water partition coefficient (Wildman–Crippen LogP) is 5.48. The molecule has 0 saturated heterocycles. The number of aryl methyl sites for hydroxylation is 1. The highest BCUT2D eigenvalue weighted by molar-refractivity contribution is 9.10. The molecular formula is C26H31BrF2N4O3. The molecule has 0 radical (unpaired) electrons. The van der Waals surface area contributed by atoms with Gasteiger partial charge in [-0.25, -0.2) is 8.78 Å². The molecule has 194 valence electrons. The lowest BCUT2D eigenvalue weighted by Crippen LogP contribution is -2.36. The molecule has 0 spiro atoms. The van der Waals surface area contributed by atoms with Crippen molar-refractivity contribution in [1.29, 1.82) is 0 Å². The van der Waals surface area contributed by atoms with E-state index >= 15 is 0 Å². The molecule has 1 amide bonds. The minimum Gasteiger partial charge on any atom is -0.469 e. The number of aromatic nitrogens is 2. The maximum Gasteiger partial charge on any atom is 0.308 e. The van der Waals surface area contributed by atoms with Crippen LogP contribution < -0.4 is 4.90 Å². The number of halogens is 3. The Bertz CT molecular complexity index is 1180. The van der Waals surface area contributed by atoms with Crippen molar-refractivity contribution < 1.29 is 23.1 Å². The van der Waals surface area contributed by atoms with Crippen LogP contribution in [0.2, 0.25) is 0 Å². The lowest BCUT2D eigenvalue weighted by Gasteiger charge is -2.33. The molecule has 3 aliphatic rings. The molecule has 36 heavy (non-hydrogen) atoms. The number of esters is 1. The van der Waals surface area contributed by atoms with E-state index in [1.54, 1.807) is 13.0 Å². The van der Waals surface area contributed by atoms with E-state index in [2.05, 4.69) is 25.5 Å². The van der Waals surface area contributed by atoms with Crippen LogP contribution in [0.3, 0.4) is 0 Å². The van der Waals surface area contributed by atoms with Crippen molar-refractivity contribution in [3.05, 3.63) is 39.0 Å². The van der Waals surface area contributed by atoms with E-state index in [1.165, 1.54) is 7.11 Å². The maximum absolute atomic E-state index is 13.8. The average molecular weight is 565 g/mol. The summed E-state index contributed by atoms with van der Waals surface area (Å²) in [6.45, 7) is 3.34. The van der Waals surface area contributed by atoms with Crippen molar-refractivity contribution in [2.45, 2.75) is 70.9 Å². The summed E-state index contributed by atoms with van der Waals surface area (Å²) in [6, 6.07) is 3.55. The van der Waals surface area contributed by atoms with Gasteiger partial charge in [-0.1, -0.05) is 15.9 Å². The van der Waals surface area contributed by atoms with Gasteiger partial charge in [0.2, 0.25) is 5.91 Å². The van der Waals surface area contributed by atoms with Gasteiger partial charge in [0, 0.05) is 53.4 Å². The number of fused-ring (bicyclic) bond motifs is 2. The molecule has 1 aromatic carbocycles. The number of anilines is 2. The fraction of sp³-hybridized carbons (Fsp3) is 0.577. The number of carbonyl (C=O) groups excluding carboxylic acids is 2. The largest absolute Gasteiger partial charge is 0.469 e. The zero-order valence-electron chi connectivity index (χ0n) is 20.6. The van der Waals surface area contributed by atoms with Crippen molar-refractivity contribution in [1.82, 2.24) is 14.7 Å². The van der Waals surface area contributed by atoms with Crippen LogP contribution in [-0.2, 0) is 33.7 Å². The molecule has 10 heteroatoms. The highest BCUT2D eigenvalue weighted by atomic mass is 79.9. The molecule has 0 atom stereocenters. The van der Waals surface area contributed by atoms with Gasteiger partial charge in [-0.2, -0.15) is 5.10 Å². The van der Waals surface area contributed by atoms with Crippen molar-refractivity contribution in [2.24, 2.45) is 5.92 Å². The molecule has 2 aromatic rings. The van der Waals surface area contributed by atoms with Gasteiger partial charge in [0.25, 0.3) is 6.43 Å². The number of nitrogens with zero attached hydrogens (tertiary/aromatic N) is 4. The van der Waals surface area contributed by atoms with E-state index in [9.17, 15) is 18.4 Å². The third-order valence-corrected chi connectivity index (χ3v) is 8.58. The number of carbonyl (C=O) groups is 2. The first-order chi connectivity index (χ1) is 17.3. The number of rotatable bonds is 4. The highest BCUT2D eigenvalue weighted by Gasteiger charge is 2.35. The number of amides is 1. The molecule has 1 fully saturated rings. The van der Waals surface area contributed by atoms with Gasteiger partial charge in [0.15, 0.2) is 5.82 Å². The molecule has 0 N–H and O–H groups in total. The Hall–Kier alpha value is -2.49. The van der Waals surface area contributed by atoms with Crippen molar-refractivity contribution in [2.75, 3.05) is 25.1 Å². The summed E-state index contributed by atoms with van der Waals surface area (Å²) in [7, 11) is 1.43. The fourth-order valence-electron chi connectivity index (χ4n) is 5.94. The minimum absolute atomic E-state index is 0.0147. The average Bonchev–Trinajstić information content (AvgIpc) is 3.26. The predicted molar refractivity (Wildman–Crippen MR) is 134 cm³/mol. The van der Waals surface area contributed by atoms with E-state index < -0.39 is 6.43 Å². The van der Waals surface area contributed by atoms with Gasteiger partial charge in [0.1, 0.15) is 0 Å². The molecule has 5 rings (SSSR count). The maximum atomic E-state index is 13.8. The van der Waals surface area contributed by atoms with E-state index in [4.69, 9.17) is 9.84 Å². The number of methoxy groups -OCH3 is 1. The topological polar surface area (TPSA) is 67.7 Å². The van der Waals surface area contributed by atoms with Gasteiger partial charge in [-0.15, -0.1) is 0 Å². The Morgan fingerprint density at radius 3 is 2.56 bits per heavy atom. The second-order valence-corrected chi connectivity index (χ2v) is 10.8. The number of alkyl halides is 2. The molecule has 1 aliphatic carbocycles. The smallest absolute Gasteiger partial charge is 0.308 e. The molecule has 1 saturated carbocycles. The molecule has 0 unspecified atom stereocenters. The first-order valence-electron chi connectivity index (χ1n) is 12.6. The lowest BCUT2D eigenvalue weighted by atomic mass is 9.86. The quantitative estimate of drug-likeness (QED) is 0.460. The van der Waals surface area contributed by atoms with Crippen LogP contribution in [0.5, 0.6) is 0 Å². The van der Waals surface area contributed by atoms with Crippen LogP contribution in [0, 0.1) is 5.92 Å². The number of hydrogen-bond donors (Lipinski definition) is 0. The van der Waals surface area contributed by atoms with Crippen LogP contribution in [0.1, 0.15) is 73.9 Å². The number of ether oxygens (including phenoxy) is 1. The van der Waals surface area contributed by atoms with Crippen LogP contribution >= 0.6 is 15.9 Å². The van der Waals surface area contributed by atoms with Crippen molar-refractivity contribution >= 4 is 39.3 Å². The fourth-order valence-corrected chi connectivity index (χ4v) is 6.51. The molecule has 3 heterocycles. The van der Waals surface area contributed by atoms with Gasteiger partial charge in [0.05, 0.1) is 25.6 Å². The van der Waals surface area contributed by atoms with Crippen molar-refractivity contribution in [3.63, 3.8) is 0 Å². The third kappa shape index (κ3) is 4.53. The Labute approximate surface area is 217 Å². The molecule has 7 nitrogen and oxygen atoms in total. The van der Waals surface area contributed by atoms with Gasteiger partial charge < -0.3 is 14.5 Å². The summed E-state index contributed by atoms with van der Waals surface area (Å²) in [5.74, 6) is 0.542. The Morgan fingerprint density at radius 1 is 1.14 bits per heavy atom. The zero-order valence-corrected chi connectivity index (χ0v) is 22.2. The summed E-state index contributed by atoms with van der Waals surface area (Å²) < 4.78 is 35.0. The second kappa shape index (κ2) is 10.1. The van der Waals surface area contributed by atoms with Crippen LogP contribution in [0.25, 0.3) is 0 Å². The van der Waals surface area contributed by atoms with Gasteiger partial charge >= 0.3 is 5.97 Å². The monoisotopic (exact) mass is 564 g/mol. The summed E-state index contributed by atoms with van der Waals surface area (Å²) in [6.07, 6.45) is 2.95. The summed E-state index contributed by atoms with van der Waals surface area (Å²) >= 11 is 3.32. The Kier molecular flexibility index (Phi) is 7.07. The first-order valence-corrected chi connectivity index (χ1v) is 13.4. The third-order valence-electron chi connectivity index (χ3n) is 7.89. The van der Waals surface area contributed by atoms with E-state index in [-0.39, 0.29) is 29.4 Å². The molecule has 2 aliphatic heterocycles. The molecule has 0 bridgehead atoms. The summed E-state index contributed by atoms with van der Waals surface area (Å²) in [5, 5.41) is 5.11. The van der Waals surface area contributed by atoms with Crippen LogP contribution in [0.15, 0.2) is 16.6 Å². The molecular weight excluding hydrogens is 534 g/mol. The standard InChI is InChI=1S/C26H31BrF2N4O3/c1-15(34)31-11-9-22-20(14-31)25(30-33(22)18-7-5-16(6-8-18)26(35)36-2)32-10-3-4-17-12-21(27)19(24(28)29)13-23(17)32/h12-13,16,18,24H,3-11,14H2,1-2H3.